The lowest BCUT2D eigenvalue weighted by Crippen LogP contribution is -2.40. The van der Waals surface area contributed by atoms with E-state index in [-0.39, 0.29) is 0 Å². The summed E-state index contributed by atoms with van der Waals surface area (Å²) in [4.78, 5) is 0. The first-order valence-corrected chi connectivity index (χ1v) is 45.5. The maximum Gasteiger partial charge on any atom is 0.0791 e. The minimum absolute atomic E-state index is 1.06. The topological polar surface area (TPSA) is 0 Å². The van der Waals surface area contributed by atoms with E-state index in [0.29, 0.717) is 0 Å². The van der Waals surface area contributed by atoms with E-state index in [1.54, 1.807) is 55.3 Å². The van der Waals surface area contributed by atoms with Crippen LogP contribution in [0.5, 0.6) is 0 Å². The first-order valence-electron chi connectivity index (χ1n) is 29.5. The molecule has 8 aromatic rings. The zero-order valence-corrected chi connectivity index (χ0v) is 63.7. The van der Waals surface area contributed by atoms with Crippen molar-refractivity contribution in [3.05, 3.63) is 256 Å². The van der Waals surface area contributed by atoms with Crippen LogP contribution >= 0.6 is 102 Å². The lowest BCUT2D eigenvalue weighted by atomic mass is 9.85. The summed E-state index contributed by atoms with van der Waals surface area (Å²) in [6.45, 7) is 28.4. The lowest BCUT2D eigenvalue weighted by molar-refractivity contribution is 0.834. The number of hydrogen-bond donors (Lipinski definition) is 0. The normalized spacial score (nSPS) is 13.3. The summed E-state index contributed by atoms with van der Waals surface area (Å²) in [5.41, 5.74) is 27.2. The molecule has 0 radical (unpaired) electrons. The number of fused-ring (bicyclic) bond motifs is 4. The van der Waals surface area contributed by atoms with Gasteiger partial charge in [-0.25, -0.2) is 0 Å². The second kappa shape index (κ2) is 28.6. The molecule has 0 aromatic heterocycles. The van der Waals surface area contributed by atoms with Crippen molar-refractivity contribution in [1.29, 1.82) is 0 Å². The lowest BCUT2D eigenvalue weighted by Gasteiger charge is -2.25. The van der Waals surface area contributed by atoms with Crippen molar-refractivity contribution in [2.45, 2.75) is 157 Å². The fourth-order valence-corrected chi connectivity index (χ4v) is 21.9. The summed E-state index contributed by atoms with van der Waals surface area (Å²) in [7, 11) is -3.94. The highest BCUT2D eigenvalue weighted by atomic mass is 127. The number of hydrogen-bond acceptors (Lipinski definition) is 0. The summed E-state index contributed by atoms with van der Waals surface area (Å²) in [5.74, 6) is 0. The molecule has 0 N–H and O–H groups in total. The molecule has 9 heteroatoms. The van der Waals surface area contributed by atoms with Gasteiger partial charge in [-0.05, 0) is 251 Å². The van der Waals surface area contributed by atoms with Crippen molar-refractivity contribution in [1.82, 2.24) is 0 Å². The highest BCUT2D eigenvalue weighted by Gasteiger charge is 2.25. The summed E-state index contributed by atoms with van der Waals surface area (Å²) in [6, 6.07) is 50.5. The van der Waals surface area contributed by atoms with E-state index in [2.05, 4.69) is 291 Å². The zero-order valence-electron chi connectivity index (χ0n) is 50.7. The van der Waals surface area contributed by atoms with E-state index >= 15 is 0 Å². The minimum atomic E-state index is -1.42. The standard InChI is InChI=1S/C28H32Si.C19H23BrSi.C10H14Br2Si.C10H11I.C6H4Br2/c1-19-13-27(17-21-6-8-23-10-12-25(23)15-21)28(29(2,3)4)18-26(19)16-20-5-7-22-9-11-24(22)14-20;1-13-9-18(20)19(21(2,3)4)12-17(13)11-14-5-6-15-7-8-16(15)10-14;1-7-5-9(12)10(6-8(7)11)13(2,3)4;11-6-5-8-1-2-9-3-4-10(9)7-8;7-5-1-2-6(8)4-3-5/h5-8,13-15,18H,9-12,16-17H2,1-4H3;5-6,9-10,12H,7-8,11H2,1-4H3;5-6H,1-4H3;1-2,7H,3-6H2;1-4H. The van der Waals surface area contributed by atoms with Gasteiger partial charge in [-0.15, -0.1) is 0 Å². The van der Waals surface area contributed by atoms with Gasteiger partial charge in [0, 0.05) is 26.8 Å². The predicted octanol–water partition coefficient (Wildman–Crippen LogP) is 21.0. The Kier molecular flexibility index (Phi) is 22.8. The number of benzene rings is 8. The summed E-state index contributed by atoms with van der Waals surface area (Å²) in [6.07, 6.45) is 14.7. The van der Waals surface area contributed by atoms with Gasteiger partial charge >= 0.3 is 0 Å². The molecule has 12 rings (SSSR count). The molecular weight excluding hydrogens is 1490 g/mol. The first-order chi connectivity index (χ1) is 38.7. The Balaban J connectivity index is 0.000000145. The molecule has 430 valence electrons. The molecule has 0 spiro atoms. The molecular formula is C73H84Br5ISi3. The van der Waals surface area contributed by atoms with Gasteiger partial charge in [0.05, 0.1) is 24.2 Å². The molecule has 0 amide bonds. The Labute approximate surface area is 553 Å². The molecule has 82 heavy (non-hydrogen) atoms. The van der Waals surface area contributed by atoms with Gasteiger partial charge < -0.3 is 0 Å². The monoisotopic (exact) mass is 1570 g/mol. The Bertz CT molecular complexity index is 3540. The fraction of sp³-hybridized carbons (Fsp3) is 0.342. The predicted molar refractivity (Wildman–Crippen MR) is 394 cm³/mol. The van der Waals surface area contributed by atoms with Crippen LogP contribution in [-0.4, -0.2) is 28.6 Å². The Hall–Kier alpha value is -2.46. The largest absolute Gasteiger partial charge is 0.0860 e. The zero-order chi connectivity index (χ0) is 59.3. The second-order valence-corrected chi connectivity index (χ2v) is 46.9. The highest BCUT2D eigenvalue weighted by molar-refractivity contribution is 14.1. The molecule has 0 unspecified atom stereocenters. The van der Waals surface area contributed by atoms with Gasteiger partial charge in [-0.1, -0.05) is 257 Å². The van der Waals surface area contributed by atoms with E-state index in [1.807, 2.05) is 24.3 Å². The molecule has 0 fully saturated rings. The molecule has 4 aliphatic carbocycles. The van der Waals surface area contributed by atoms with Crippen molar-refractivity contribution in [3.63, 3.8) is 0 Å². The van der Waals surface area contributed by atoms with Crippen LogP contribution in [0.1, 0.15) is 100 Å². The van der Waals surface area contributed by atoms with Gasteiger partial charge in [-0.3, -0.25) is 0 Å². The smallest absolute Gasteiger partial charge is 0.0791 e. The Morgan fingerprint density at radius 1 is 0.317 bits per heavy atom. The average Bonchev–Trinajstić information content (AvgIpc) is 3.58. The molecule has 0 aliphatic heterocycles. The van der Waals surface area contributed by atoms with E-state index in [9.17, 15) is 0 Å². The third-order valence-electron chi connectivity index (χ3n) is 16.8. The van der Waals surface area contributed by atoms with E-state index in [0.717, 1.165) is 28.2 Å². The van der Waals surface area contributed by atoms with Crippen LogP contribution in [0.2, 0.25) is 58.9 Å². The number of aryl methyl sites for hydroxylation is 12. The van der Waals surface area contributed by atoms with Crippen LogP contribution < -0.4 is 15.6 Å². The quantitative estimate of drug-likeness (QED) is 0.0688. The number of rotatable bonds is 11. The average molecular weight is 1570 g/mol. The maximum atomic E-state index is 3.77. The van der Waals surface area contributed by atoms with Crippen LogP contribution in [-0.2, 0) is 77.0 Å². The summed E-state index contributed by atoms with van der Waals surface area (Å²) in [5, 5.41) is 4.65. The molecule has 0 saturated heterocycles. The Morgan fingerprint density at radius 3 is 0.988 bits per heavy atom. The third-order valence-corrected chi connectivity index (χ3v) is 27.4. The van der Waals surface area contributed by atoms with Gasteiger partial charge in [-0.2, -0.15) is 0 Å². The van der Waals surface area contributed by atoms with Gasteiger partial charge in [0.15, 0.2) is 0 Å². The minimum Gasteiger partial charge on any atom is -0.0860 e. The van der Waals surface area contributed by atoms with Crippen molar-refractivity contribution < 1.29 is 0 Å². The second-order valence-electron chi connectivity index (χ2n) is 26.3. The SMILES string of the molecule is Brc1ccc(Br)cc1.Cc1cc(Br)c([Si](C)(C)C)cc1Br.Cc1cc(Br)c([Si](C)(C)C)cc1Cc1ccc2c(c1)CC2.Cc1cc(Cc2ccc3c(c2)CC3)c([Si](C)(C)C)cc1Cc1ccc2c(c1)CC2.ICCc1ccc2c(c1)CC2. The molecule has 0 nitrogen and oxygen atoms in total. The summed E-state index contributed by atoms with van der Waals surface area (Å²) >= 11 is 20.1. The van der Waals surface area contributed by atoms with Crippen LogP contribution in [0.25, 0.3) is 0 Å². The Morgan fingerprint density at radius 2 is 0.634 bits per heavy atom. The first kappa shape index (κ1) is 65.5. The van der Waals surface area contributed by atoms with Gasteiger partial charge in [0.1, 0.15) is 0 Å². The van der Waals surface area contributed by atoms with E-state index < -0.39 is 24.2 Å². The molecule has 4 aliphatic rings. The van der Waals surface area contributed by atoms with Gasteiger partial charge in [0.2, 0.25) is 0 Å². The van der Waals surface area contributed by atoms with Crippen LogP contribution in [0.15, 0.2) is 156 Å². The van der Waals surface area contributed by atoms with E-state index in [1.165, 1.54) is 136 Å². The van der Waals surface area contributed by atoms with E-state index in [4.69, 9.17) is 0 Å². The molecule has 0 atom stereocenters. The molecule has 0 bridgehead atoms. The number of alkyl halides is 1. The van der Waals surface area contributed by atoms with Crippen molar-refractivity contribution in [2.24, 2.45) is 0 Å². The fourth-order valence-electron chi connectivity index (χ4n) is 11.2. The number of halogens is 6. The molecule has 8 aromatic carbocycles. The van der Waals surface area contributed by atoms with Crippen LogP contribution in [0.3, 0.4) is 0 Å². The van der Waals surface area contributed by atoms with Crippen LogP contribution in [0, 0.1) is 20.8 Å². The maximum absolute atomic E-state index is 3.77. The van der Waals surface area contributed by atoms with Crippen molar-refractivity contribution in [2.75, 3.05) is 4.43 Å². The van der Waals surface area contributed by atoms with Crippen LogP contribution in [0.4, 0.5) is 0 Å². The van der Waals surface area contributed by atoms with Crippen molar-refractivity contribution >= 4 is 142 Å². The summed E-state index contributed by atoms with van der Waals surface area (Å²) < 4.78 is 7.22. The molecule has 0 heterocycles. The highest BCUT2D eigenvalue weighted by Crippen LogP contribution is 2.31. The molecule has 0 saturated carbocycles. The van der Waals surface area contributed by atoms with Crippen molar-refractivity contribution in [3.8, 4) is 0 Å². The third kappa shape index (κ3) is 17.6. The van der Waals surface area contributed by atoms with Gasteiger partial charge in [0.25, 0.3) is 0 Å².